The lowest BCUT2D eigenvalue weighted by molar-refractivity contribution is -0.158. The lowest BCUT2D eigenvalue weighted by Crippen LogP contribution is -2.65. The number of esters is 1. The maximum absolute atomic E-state index is 15.6. The number of benzene rings is 2. The van der Waals surface area contributed by atoms with Crippen molar-refractivity contribution in [3.63, 3.8) is 0 Å². The van der Waals surface area contributed by atoms with Crippen LogP contribution in [0.1, 0.15) is 151 Å². The van der Waals surface area contributed by atoms with E-state index >= 15 is 24.0 Å². The molecule has 3 aliphatic heterocycles. The summed E-state index contributed by atoms with van der Waals surface area (Å²) in [5.41, 5.74) is -1.73. The van der Waals surface area contributed by atoms with E-state index in [2.05, 4.69) is 70.4 Å². The summed E-state index contributed by atoms with van der Waals surface area (Å²) in [5.74, 6) is -18.5. The molecule has 36 heteroatoms. The van der Waals surface area contributed by atoms with Gasteiger partial charge in [0.15, 0.2) is 6.04 Å². The zero-order valence-corrected chi connectivity index (χ0v) is 68.2. The zero-order chi connectivity index (χ0) is 84.1. The molecule has 3 saturated heterocycles. The van der Waals surface area contributed by atoms with Crippen LogP contribution in [0.4, 0.5) is 0 Å². The molecule has 0 radical (unpaired) electrons. The van der Waals surface area contributed by atoms with Crippen LogP contribution >= 0.6 is 21.6 Å². The van der Waals surface area contributed by atoms with Crippen molar-refractivity contribution < 1.29 is 96.4 Å². The molecule has 14 amide bonds. The molecule has 3 heterocycles. The third-order valence-corrected chi connectivity index (χ3v) is 23.0. The van der Waals surface area contributed by atoms with Crippen LogP contribution in [0, 0.1) is 17.8 Å². The van der Waals surface area contributed by atoms with Gasteiger partial charge in [-0.1, -0.05) is 157 Å². The first kappa shape index (κ1) is 93.9. The lowest BCUT2D eigenvalue weighted by atomic mass is 9.95. The Kier molecular flexibility index (Phi) is 37.6. The van der Waals surface area contributed by atoms with Gasteiger partial charge < -0.3 is 93.3 Å². The van der Waals surface area contributed by atoms with Crippen LogP contribution in [0.5, 0.6) is 0 Å². The number of ether oxygens (including phenoxy) is 2. The third kappa shape index (κ3) is 27.8. The molecule has 0 saturated carbocycles. The molecule has 0 aromatic heterocycles. The molecular weight excluding hydrogens is 1510 g/mol. The van der Waals surface area contributed by atoms with Crippen molar-refractivity contribution in [2.24, 2.45) is 17.8 Å². The molecule has 624 valence electrons. The molecule has 3 aliphatic rings. The summed E-state index contributed by atoms with van der Waals surface area (Å²) >= 11 is 0. The summed E-state index contributed by atoms with van der Waals surface area (Å²) in [6.45, 7) is 19.8. The average molecular weight is 1620 g/mol. The molecule has 34 nitrogen and oxygen atoms in total. The topological polar surface area (TPSA) is 483 Å². The van der Waals surface area contributed by atoms with Gasteiger partial charge in [-0.15, -0.1) is 0 Å². The van der Waals surface area contributed by atoms with Crippen LogP contribution in [-0.4, -0.2) is 244 Å². The number of cyclic esters (lactones) is 1. The quantitative estimate of drug-likeness (QED) is 0.0479. The number of aliphatic hydroxyl groups is 1. The van der Waals surface area contributed by atoms with Crippen molar-refractivity contribution in [2.45, 2.75) is 243 Å². The number of nitrogens with one attached hydrogen (secondary N) is 12. The maximum atomic E-state index is 15.6. The molecule has 5 rings (SSSR count). The second-order valence-corrected chi connectivity index (χ2v) is 31.9. The Morgan fingerprint density at radius 3 is 1.75 bits per heavy atom. The van der Waals surface area contributed by atoms with Gasteiger partial charge in [-0.05, 0) is 88.7 Å². The Morgan fingerprint density at radius 1 is 0.637 bits per heavy atom. The van der Waals surface area contributed by atoms with Gasteiger partial charge in [0.05, 0.1) is 24.8 Å². The van der Waals surface area contributed by atoms with E-state index in [4.69, 9.17) is 9.47 Å². The van der Waals surface area contributed by atoms with Crippen LogP contribution < -0.4 is 63.8 Å². The van der Waals surface area contributed by atoms with Crippen molar-refractivity contribution in [2.75, 3.05) is 38.8 Å². The Labute approximate surface area is 667 Å². The minimum atomic E-state index is -2.13. The van der Waals surface area contributed by atoms with Crippen LogP contribution in [0.25, 0.3) is 0 Å². The predicted molar refractivity (Wildman–Crippen MR) is 419 cm³/mol. The van der Waals surface area contributed by atoms with Crippen molar-refractivity contribution in [3.8, 4) is 0 Å². The number of hydrogen-bond acceptors (Lipinski definition) is 21. The molecule has 3 fully saturated rings. The predicted octanol–water partition coefficient (Wildman–Crippen LogP) is 0.223. The number of likely N-dealkylation sites (N-methyl/N-ethyl adjacent to an activating group) is 1. The van der Waals surface area contributed by atoms with E-state index in [1.54, 1.807) is 102 Å². The fourth-order valence-electron chi connectivity index (χ4n) is 12.7. The van der Waals surface area contributed by atoms with Crippen LogP contribution in [0.15, 0.2) is 72.9 Å². The number of aliphatic hydroxyl groups excluding tert-OH is 1. The van der Waals surface area contributed by atoms with E-state index in [1.807, 2.05) is 6.92 Å². The Balaban J connectivity index is 1.82. The van der Waals surface area contributed by atoms with E-state index in [-0.39, 0.29) is 75.5 Å². The standard InChI is InChI=1S/C77H114N14O20S2/c1-15-41(5)34-51-66(99)81-50(18-4)73(106)90(13)62(47(11)110-14)72(105)86-55(38-92)75(108)111-46(10)61-71(104)85-54(37-49-28-23-20-24-29-49)74(107)91-33-25-30-57(91)69(102)89-77(12,76(109)88-60(43(7)17-3)70(103)79-45(9)64(97)82-51)40-113-112-39-56(80-58(93)31-32-59(94)95)68(101)84-53(36-48-26-21-19-22-27-48)65(98)78-44(8)63(96)83-52(67(100)87-61)35-42(6)16-2/h19-24,26-29,41-44,46-47,50-57,60-62,92H,9,15-18,25,30-40H2,1-8,10-14H3,(H,78,98)(H,79,103)(H,80,93)(H,81,99)(H,82,97)(H,83,96)(H,84,101)(H,85,104)(H,86,105)(H,87,100)(H,88,109)(H,89,102)(H,94,95)/t41-,42+,43+,44-,46-,47-,50-,51+,52?,53-,54-,55+,56+,57+,60+,61-,62+,77+/m1/s1. The fraction of sp³-hybridized carbons (Fsp3) is 0.610. The number of carbonyl (C=O) groups is 16. The summed E-state index contributed by atoms with van der Waals surface area (Å²) < 4.78 is 11.5. The number of nitrogens with zero attached hydrogens (tertiary/aromatic N) is 2. The number of methoxy groups -OCH3 is 1. The van der Waals surface area contributed by atoms with Gasteiger partial charge in [0, 0.05) is 51.5 Å². The number of carboxylic acids is 1. The van der Waals surface area contributed by atoms with Crippen molar-refractivity contribution in [3.05, 3.63) is 84.1 Å². The van der Waals surface area contributed by atoms with Gasteiger partial charge in [0.2, 0.25) is 76.8 Å². The highest BCUT2D eigenvalue weighted by Crippen LogP contribution is 2.30. The molecule has 2 bridgehead atoms. The molecule has 0 spiro atoms. The third-order valence-electron chi connectivity index (χ3n) is 20.5. The fourth-order valence-corrected chi connectivity index (χ4v) is 15.3. The Bertz CT molecular complexity index is 3710. The van der Waals surface area contributed by atoms with Gasteiger partial charge in [0.25, 0.3) is 5.91 Å². The zero-order valence-electron chi connectivity index (χ0n) is 66.6. The van der Waals surface area contributed by atoms with Gasteiger partial charge in [-0.3, -0.25) is 71.9 Å². The minimum Gasteiger partial charge on any atom is -0.481 e. The molecule has 0 aliphatic carbocycles. The molecule has 2 aromatic carbocycles. The smallest absolute Gasteiger partial charge is 0.331 e. The monoisotopic (exact) mass is 1620 g/mol. The van der Waals surface area contributed by atoms with Crippen LogP contribution in [0.2, 0.25) is 0 Å². The average Bonchev–Trinajstić information content (AvgIpc) is 1.78. The summed E-state index contributed by atoms with van der Waals surface area (Å²) in [6, 6.07) is -2.53. The molecule has 2 aromatic rings. The summed E-state index contributed by atoms with van der Waals surface area (Å²) in [5, 5.41) is 51.9. The van der Waals surface area contributed by atoms with Gasteiger partial charge in [-0.2, -0.15) is 0 Å². The second-order valence-electron chi connectivity index (χ2n) is 29.4. The number of carboxylic acid groups (broad SMARTS) is 1. The van der Waals surface area contributed by atoms with E-state index < -0.39 is 222 Å². The van der Waals surface area contributed by atoms with E-state index in [0.29, 0.717) is 24.0 Å². The highest BCUT2D eigenvalue weighted by atomic mass is 33.1. The van der Waals surface area contributed by atoms with Gasteiger partial charge >= 0.3 is 11.9 Å². The Morgan fingerprint density at radius 2 is 1.19 bits per heavy atom. The number of aliphatic carboxylic acids is 1. The van der Waals surface area contributed by atoms with Crippen molar-refractivity contribution in [1.82, 2.24) is 73.6 Å². The molecule has 14 N–H and O–H groups in total. The molecular formula is C77H114N14O20S2. The molecule has 1 unspecified atom stereocenters. The molecule has 113 heavy (non-hydrogen) atoms. The minimum absolute atomic E-state index is 0.0106. The number of rotatable bonds is 20. The van der Waals surface area contributed by atoms with Crippen LogP contribution in [0.3, 0.4) is 0 Å². The van der Waals surface area contributed by atoms with Crippen molar-refractivity contribution in [1.29, 1.82) is 0 Å². The number of carbonyl (C=O) groups excluding carboxylic acids is 15. The number of fused-ring (bicyclic) bond motifs is 6. The van der Waals surface area contributed by atoms with E-state index in [0.717, 1.165) is 26.5 Å². The number of hydrogen-bond donors (Lipinski definition) is 14. The van der Waals surface area contributed by atoms with Gasteiger partial charge in [-0.25, -0.2) is 4.79 Å². The lowest BCUT2D eigenvalue weighted by Gasteiger charge is -2.35. The van der Waals surface area contributed by atoms with Crippen LogP contribution in [-0.2, 0) is 99.0 Å². The van der Waals surface area contributed by atoms with Crippen molar-refractivity contribution >= 4 is 116 Å². The first-order valence-corrected chi connectivity index (χ1v) is 40.7. The second kappa shape index (κ2) is 45.3. The molecule has 18 atom stereocenters. The highest BCUT2D eigenvalue weighted by Gasteiger charge is 2.47. The van der Waals surface area contributed by atoms with E-state index in [1.165, 1.54) is 46.8 Å². The largest absolute Gasteiger partial charge is 0.481 e. The number of amides is 14. The maximum Gasteiger partial charge on any atom is 0.331 e. The first-order chi connectivity index (χ1) is 53.4. The first-order valence-electron chi connectivity index (χ1n) is 38.3. The highest BCUT2D eigenvalue weighted by molar-refractivity contribution is 8.76. The summed E-state index contributed by atoms with van der Waals surface area (Å²) in [6.07, 6.45) is -3.66. The normalized spacial score (nSPS) is 28.0. The van der Waals surface area contributed by atoms with Gasteiger partial charge in [0.1, 0.15) is 78.1 Å². The summed E-state index contributed by atoms with van der Waals surface area (Å²) in [4.78, 5) is 236. The van der Waals surface area contributed by atoms with E-state index in [9.17, 15) is 63.0 Å². The summed E-state index contributed by atoms with van der Waals surface area (Å²) in [7, 11) is 4.23. The SMILES string of the molecule is C=C1NC(=O)[C@H]([C@@H](C)CC)NC(=O)[C@]2(C)CSSC[C@H](NC(=O)CCC(=O)O)C(=O)N[C@H](Cc3ccccc3)C(=O)N[C@H](C)C(=O)NC(C[C@@H](C)CC)C(=O)N[C@@H](C(=O)N[C@H](Cc3ccccc3)C(=O)N3CCC[C@H]3C(=O)N2)[C@@H](C)OC(=O)[C@H](CO)NC(=O)[C@H]([C@@H](C)OC)N(C)C(=O)[C@@H](CC)NC(=O)[C@H](C[C@H](C)CC)NC1=O. The Hall–Kier alpha value is -9.68.